The van der Waals surface area contributed by atoms with E-state index in [1.165, 1.54) is 67.2 Å². The summed E-state index contributed by atoms with van der Waals surface area (Å²) >= 11 is 0. The van der Waals surface area contributed by atoms with Crippen molar-refractivity contribution in [3.05, 3.63) is 141 Å². The lowest BCUT2D eigenvalue weighted by Gasteiger charge is -2.22. The van der Waals surface area contributed by atoms with E-state index in [4.69, 9.17) is 23.3 Å². The third-order valence-corrected chi connectivity index (χ3v) is 9.39. The van der Waals surface area contributed by atoms with Crippen molar-refractivity contribution < 1.29 is 41.5 Å². The van der Waals surface area contributed by atoms with E-state index in [0.717, 1.165) is 23.3 Å². The summed E-state index contributed by atoms with van der Waals surface area (Å²) in [6, 6.07) is 16.9. The Balaban J connectivity index is 0.000000323. The molecule has 6 rings (SSSR count). The molecule has 4 N–H and O–H groups in total. The van der Waals surface area contributed by atoms with Crippen molar-refractivity contribution in [2.45, 2.75) is 60.4 Å². The van der Waals surface area contributed by atoms with Gasteiger partial charge in [-0.1, -0.05) is 7.43 Å². The first-order valence-electron chi connectivity index (χ1n) is 22.6. The number of pyridine rings is 2. The number of halogens is 2. The van der Waals surface area contributed by atoms with Crippen molar-refractivity contribution in [2.75, 3.05) is 38.8 Å². The zero-order valence-corrected chi connectivity index (χ0v) is 36.8. The number of anilines is 2. The van der Waals surface area contributed by atoms with Crippen LogP contribution in [0.1, 0.15) is 107 Å². The number of nitriles is 2. The first kappa shape index (κ1) is 43.4. The molecular weight excluding hydrogens is 851 g/mol. The summed E-state index contributed by atoms with van der Waals surface area (Å²) in [4.78, 5) is 36.7. The molecule has 19 heteroatoms. The number of carbonyl (C=O) groups excluding carboxylic acids is 2. The van der Waals surface area contributed by atoms with E-state index in [2.05, 4.69) is 30.8 Å². The summed E-state index contributed by atoms with van der Waals surface area (Å²) < 4.78 is 79.5. The van der Waals surface area contributed by atoms with E-state index in [-0.39, 0.29) is 65.7 Å². The maximum Gasteiger partial charge on any atom is 0.254 e. The smallest absolute Gasteiger partial charge is 0.254 e. The van der Waals surface area contributed by atoms with Crippen LogP contribution >= 0.6 is 0 Å². The van der Waals surface area contributed by atoms with E-state index in [1.54, 1.807) is 57.7 Å². The van der Waals surface area contributed by atoms with Gasteiger partial charge in [-0.2, -0.15) is 20.7 Å². The zero-order valence-electron chi connectivity index (χ0n) is 42.8. The van der Waals surface area contributed by atoms with Crippen LogP contribution in [0.2, 0.25) is 0 Å². The number of aromatic hydroxyl groups is 1. The Kier molecular flexibility index (Phi) is 15.6. The molecule has 2 aromatic carbocycles. The lowest BCUT2D eigenvalue weighted by atomic mass is 10.0. The van der Waals surface area contributed by atoms with Gasteiger partial charge >= 0.3 is 0 Å². The monoisotopic (exact) mass is 912 g/mol. The molecule has 4 aromatic heterocycles. The number of hydrogen-bond acceptors (Lipinski definition) is 13. The summed E-state index contributed by atoms with van der Waals surface area (Å²) in [6.07, 6.45) is 1.64. The van der Waals surface area contributed by atoms with Gasteiger partial charge in [-0.3, -0.25) is 19.0 Å². The van der Waals surface area contributed by atoms with Gasteiger partial charge in [-0.25, -0.2) is 18.7 Å². The van der Waals surface area contributed by atoms with Crippen molar-refractivity contribution in [1.82, 2.24) is 39.3 Å². The Bertz CT molecular complexity index is 2950. The number of rotatable bonds is 12. The molecule has 2 atom stereocenters. The molecule has 0 radical (unpaired) electrons. The number of aromatic nitrogens is 6. The number of nitrogens with one attached hydrogen (secondary N) is 2. The van der Waals surface area contributed by atoms with Crippen LogP contribution in [-0.2, 0) is 27.0 Å². The van der Waals surface area contributed by atoms with E-state index in [0.29, 0.717) is 32.3 Å². The Labute approximate surface area is 392 Å². The van der Waals surface area contributed by atoms with Crippen LogP contribution in [0.4, 0.5) is 20.4 Å². The SMILES string of the molecule is C.CNc1ncc(C)cc1O.[2H]C([2H])([2H])n1nc(CN(C)C(=O)c2ccc(F)cc2[C@@H](C)Oc2cc(C)cnc2NC)cc1C#N.[2H]C([2H])([2H])n1nc(CN(C)C(=O)c2ccc(F)cc2[C@H](C)O)cc1C#N. The van der Waals surface area contributed by atoms with Crippen LogP contribution < -0.4 is 15.4 Å². The molecule has 17 nitrogen and oxygen atoms in total. The van der Waals surface area contributed by atoms with Crippen LogP contribution in [0.25, 0.3) is 0 Å². The van der Waals surface area contributed by atoms with Gasteiger partial charge in [0.15, 0.2) is 23.1 Å². The fourth-order valence-corrected chi connectivity index (χ4v) is 6.17. The van der Waals surface area contributed by atoms with Crippen LogP contribution in [0.5, 0.6) is 11.5 Å². The quantitative estimate of drug-likeness (QED) is 0.0962. The summed E-state index contributed by atoms with van der Waals surface area (Å²) in [7, 11) is 6.38. The van der Waals surface area contributed by atoms with Gasteiger partial charge in [-0.05, 0) is 105 Å². The number of benzene rings is 2. The fraction of sp³-hybridized carbons (Fsp3) is 0.319. The largest absolute Gasteiger partial charge is 0.504 e. The molecule has 0 spiro atoms. The standard InChI is InChI=1S/C23H25FN6O2.C16H17FN4O2.C7H10N2O.CH4/c1-14-8-21(22(26-3)27-12-14)32-15(2)20-9-16(24)6-7-19(20)23(31)29(4)13-17-10-18(11-25)30(5)28-17;1-10(22)15-6-11(17)4-5-14(15)16(23)20(2)9-12-7-13(8-18)21(3)19-12;1-5-3-6(10)7(8-2)9-4-5;/h6-10,12,15H,13H2,1-5H3,(H,26,27);4-7,10,22H,9H2,1-3H3;3-4,10H,1-2H3,(H,8,9);1H4/t15-;10-;;/m10../s1/i5D3;3D3;;. The maximum absolute atomic E-state index is 14.2. The summed E-state index contributed by atoms with van der Waals surface area (Å²) in [6.45, 7) is 1.50. The molecule has 0 aliphatic carbocycles. The first-order chi connectivity index (χ1) is 33.2. The fourth-order valence-electron chi connectivity index (χ4n) is 6.17. The maximum atomic E-state index is 14.2. The molecule has 66 heavy (non-hydrogen) atoms. The average Bonchev–Trinajstić information content (AvgIpc) is 3.93. The molecule has 0 saturated heterocycles. The van der Waals surface area contributed by atoms with Gasteiger partial charge in [0, 0.05) is 79.5 Å². The predicted octanol–water partition coefficient (Wildman–Crippen LogP) is 7.12. The summed E-state index contributed by atoms with van der Waals surface area (Å²) in [5.41, 5.74) is 2.79. The number of amides is 2. The highest BCUT2D eigenvalue weighted by Crippen LogP contribution is 2.31. The molecule has 0 aliphatic rings. The number of nitrogens with zero attached hydrogens (tertiary/aromatic N) is 10. The van der Waals surface area contributed by atoms with Crippen LogP contribution in [-0.4, -0.2) is 89.5 Å². The highest BCUT2D eigenvalue weighted by Gasteiger charge is 2.24. The number of aryl methyl sites for hydroxylation is 4. The molecular formula is C47H56F2N12O5. The molecule has 6 aromatic rings. The van der Waals surface area contributed by atoms with Crippen LogP contribution in [0, 0.1) is 48.1 Å². The Morgan fingerprint density at radius 2 is 1.24 bits per heavy atom. The number of carbonyl (C=O) groups is 2. The van der Waals surface area contributed by atoms with Gasteiger partial charge in [0.05, 0.1) is 30.6 Å². The normalized spacial score (nSPS) is 12.9. The molecule has 0 aliphatic heterocycles. The molecule has 4 heterocycles. The minimum atomic E-state index is -2.63. The second-order valence-corrected chi connectivity index (χ2v) is 14.6. The molecule has 0 bridgehead atoms. The van der Waals surface area contributed by atoms with Crippen molar-refractivity contribution in [3.8, 4) is 23.6 Å². The predicted molar refractivity (Wildman–Crippen MR) is 245 cm³/mol. The highest BCUT2D eigenvalue weighted by molar-refractivity contribution is 5.96. The van der Waals surface area contributed by atoms with Crippen molar-refractivity contribution in [2.24, 2.45) is 14.0 Å². The van der Waals surface area contributed by atoms with Gasteiger partial charge in [0.1, 0.15) is 41.3 Å². The minimum Gasteiger partial charge on any atom is -0.504 e. The lowest BCUT2D eigenvalue weighted by molar-refractivity contribution is 0.0771. The van der Waals surface area contributed by atoms with Gasteiger partial charge in [0.25, 0.3) is 11.8 Å². The second kappa shape index (κ2) is 23.7. The molecule has 0 unspecified atom stereocenters. The van der Waals surface area contributed by atoms with E-state index >= 15 is 0 Å². The third kappa shape index (κ3) is 13.6. The van der Waals surface area contributed by atoms with E-state index < -0.39 is 49.6 Å². The molecule has 348 valence electrons. The first-order valence-corrected chi connectivity index (χ1v) is 19.6. The number of aliphatic hydroxyl groups excluding tert-OH is 1. The molecule has 2 amide bonds. The molecule has 0 fully saturated rings. The van der Waals surface area contributed by atoms with Crippen LogP contribution in [0.3, 0.4) is 0 Å². The van der Waals surface area contributed by atoms with Crippen molar-refractivity contribution >= 4 is 23.5 Å². The Morgan fingerprint density at radius 3 is 1.67 bits per heavy atom. The lowest BCUT2D eigenvalue weighted by Crippen LogP contribution is -2.28. The van der Waals surface area contributed by atoms with Gasteiger partial charge in [0.2, 0.25) is 0 Å². The number of hydrogen-bond donors (Lipinski definition) is 4. The topological polar surface area (TPSA) is 223 Å². The van der Waals surface area contributed by atoms with Crippen LogP contribution in [0.15, 0.2) is 73.1 Å². The zero-order chi connectivity index (χ0) is 53.1. The van der Waals surface area contributed by atoms with Gasteiger partial charge in [-0.15, -0.1) is 0 Å². The number of aliphatic hydroxyl groups is 1. The third-order valence-electron chi connectivity index (χ3n) is 9.39. The minimum absolute atomic E-state index is 0. The van der Waals surface area contributed by atoms with E-state index in [1.807, 2.05) is 13.8 Å². The highest BCUT2D eigenvalue weighted by atomic mass is 19.1. The summed E-state index contributed by atoms with van der Waals surface area (Å²) in [5, 5.41) is 50.7. The Morgan fingerprint density at radius 1 is 0.788 bits per heavy atom. The molecule has 0 saturated carbocycles. The second-order valence-electron chi connectivity index (χ2n) is 14.6. The van der Waals surface area contributed by atoms with Crippen molar-refractivity contribution in [3.63, 3.8) is 0 Å². The van der Waals surface area contributed by atoms with Crippen molar-refractivity contribution in [1.29, 1.82) is 10.5 Å². The van der Waals surface area contributed by atoms with Gasteiger partial charge < -0.3 is 35.4 Å². The number of ether oxygens (including phenoxy) is 1. The summed E-state index contributed by atoms with van der Waals surface area (Å²) in [5.74, 6) is -0.377. The van der Waals surface area contributed by atoms with E-state index in [9.17, 15) is 28.7 Å². The average molecular weight is 913 g/mol. The Hall–Kier alpha value is -7.90.